The lowest BCUT2D eigenvalue weighted by atomic mass is 9.89. The van der Waals surface area contributed by atoms with Crippen LogP contribution in [0.25, 0.3) is 0 Å². The van der Waals surface area contributed by atoms with Crippen LogP contribution in [0.5, 0.6) is 0 Å². The van der Waals surface area contributed by atoms with Gasteiger partial charge in [0, 0.05) is 0 Å². The molecule has 0 fully saturated rings. The maximum Gasteiger partial charge on any atom is 0.299 e. The molecule has 1 unspecified atom stereocenters. The molecule has 2 nitrogen and oxygen atoms in total. The first kappa shape index (κ1) is 11.0. The van der Waals surface area contributed by atoms with Crippen LogP contribution < -0.4 is 0 Å². The Balaban J connectivity index is 2.95. The van der Waals surface area contributed by atoms with Gasteiger partial charge in [-0.2, -0.15) is 0 Å². The van der Waals surface area contributed by atoms with Crippen LogP contribution >= 0.6 is 0 Å². The van der Waals surface area contributed by atoms with Gasteiger partial charge in [0.2, 0.25) is 10.5 Å². The van der Waals surface area contributed by atoms with Crippen molar-refractivity contribution in [2.45, 2.75) is 19.8 Å². The number of carbonyl (C=O) groups is 1. The van der Waals surface area contributed by atoms with Crippen molar-refractivity contribution in [2.24, 2.45) is 5.92 Å². The van der Waals surface area contributed by atoms with Gasteiger partial charge in [0.05, 0.1) is 5.92 Å². The fourth-order valence-electron chi connectivity index (χ4n) is 1.58. The summed E-state index contributed by atoms with van der Waals surface area (Å²) in [5, 5.41) is 0. The van der Waals surface area contributed by atoms with Crippen molar-refractivity contribution in [1.82, 2.24) is 0 Å². The second-order valence-electron chi connectivity index (χ2n) is 3.66. The average molecular weight is 208 g/mol. The molecule has 0 saturated carbocycles. The van der Waals surface area contributed by atoms with Crippen molar-refractivity contribution in [3.05, 3.63) is 35.9 Å². The lowest BCUT2D eigenvalue weighted by molar-refractivity contribution is -0.136. The standard InChI is InChI=1S/C11H16O2Si/c1-8(2)10(11(12)13-14)9-6-4-3-5-7-9/h3-8,10H,1-2,14H3. The van der Waals surface area contributed by atoms with Crippen molar-refractivity contribution < 1.29 is 9.22 Å². The van der Waals surface area contributed by atoms with Crippen LogP contribution in [0.1, 0.15) is 25.3 Å². The number of carbonyl (C=O) groups excluding carboxylic acids is 1. The summed E-state index contributed by atoms with van der Waals surface area (Å²) in [6.07, 6.45) is 0. The minimum Gasteiger partial charge on any atom is -0.528 e. The predicted molar refractivity (Wildman–Crippen MR) is 60.1 cm³/mol. The highest BCUT2D eigenvalue weighted by Crippen LogP contribution is 2.25. The van der Waals surface area contributed by atoms with Gasteiger partial charge in [-0.05, 0) is 11.5 Å². The summed E-state index contributed by atoms with van der Waals surface area (Å²) in [4.78, 5) is 11.6. The quantitative estimate of drug-likeness (QED) is 0.699. The molecule has 3 heteroatoms. The van der Waals surface area contributed by atoms with Crippen LogP contribution in [0.4, 0.5) is 0 Å². The van der Waals surface area contributed by atoms with E-state index in [4.69, 9.17) is 4.43 Å². The number of rotatable bonds is 3. The van der Waals surface area contributed by atoms with E-state index < -0.39 is 0 Å². The van der Waals surface area contributed by atoms with Crippen LogP contribution in [0.3, 0.4) is 0 Å². The molecule has 0 aliphatic rings. The molecule has 0 heterocycles. The summed E-state index contributed by atoms with van der Waals surface area (Å²) in [6, 6.07) is 9.80. The van der Waals surface area contributed by atoms with Gasteiger partial charge in [-0.15, -0.1) is 0 Å². The number of benzene rings is 1. The predicted octanol–water partition coefficient (Wildman–Crippen LogP) is 1.25. The Morgan fingerprint density at radius 2 is 1.86 bits per heavy atom. The molecule has 0 aromatic heterocycles. The summed E-state index contributed by atoms with van der Waals surface area (Å²) in [5.74, 6) is 0.0606. The molecular formula is C11H16O2Si. The molecule has 1 rings (SSSR count). The Labute approximate surface area is 87.8 Å². The van der Waals surface area contributed by atoms with Crippen molar-refractivity contribution in [2.75, 3.05) is 0 Å². The molecule has 0 aliphatic carbocycles. The first-order chi connectivity index (χ1) is 6.66. The van der Waals surface area contributed by atoms with Gasteiger partial charge >= 0.3 is 0 Å². The minimum absolute atomic E-state index is 0.0992. The highest BCUT2D eigenvalue weighted by Gasteiger charge is 2.23. The number of hydrogen-bond donors (Lipinski definition) is 0. The van der Waals surface area contributed by atoms with Crippen LogP contribution in [-0.4, -0.2) is 16.5 Å². The van der Waals surface area contributed by atoms with E-state index in [1.165, 1.54) is 0 Å². The molecule has 0 saturated heterocycles. The fourth-order valence-corrected chi connectivity index (χ4v) is 1.83. The van der Waals surface area contributed by atoms with Crippen molar-refractivity contribution in [1.29, 1.82) is 0 Å². The van der Waals surface area contributed by atoms with Gasteiger partial charge < -0.3 is 4.43 Å². The maximum absolute atomic E-state index is 11.6. The van der Waals surface area contributed by atoms with E-state index >= 15 is 0 Å². The Kier molecular flexibility index (Phi) is 3.89. The largest absolute Gasteiger partial charge is 0.528 e. The highest BCUT2D eigenvalue weighted by molar-refractivity contribution is 6.06. The zero-order valence-electron chi connectivity index (χ0n) is 8.86. The fraction of sp³-hybridized carbons (Fsp3) is 0.364. The van der Waals surface area contributed by atoms with E-state index in [0.29, 0.717) is 10.5 Å². The van der Waals surface area contributed by atoms with Crippen molar-refractivity contribution >= 4 is 16.5 Å². The molecule has 0 spiro atoms. The summed E-state index contributed by atoms with van der Waals surface area (Å²) in [5.41, 5.74) is 1.04. The molecule has 0 bridgehead atoms. The minimum atomic E-state index is -0.117. The molecule has 0 N–H and O–H groups in total. The third-order valence-corrected chi connectivity index (χ3v) is 2.68. The van der Waals surface area contributed by atoms with Crippen LogP contribution in [-0.2, 0) is 9.22 Å². The Hall–Kier alpha value is -1.09. The Morgan fingerprint density at radius 3 is 2.29 bits per heavy atom. The van der Waals surface area contributed by atoms with Crippen LogP contribution in [0.2, 0.25) is 0 Å². The van der Waals surface area contributed by atoms with Gasteiger partial charge in [0.1, 0.15) is 0 Å². The first-order valence-corrected chi connectivity index (χ1v) is 5.61. The van der Waals surface area contributed by atoms with Gasteiger partial charge in [-0.3, -0.25) is 4.79 Å². The molecule has 76 valence electrons. The molecular weight excluding hydrogens is 192 g/mol. The zero-order chi connectivity index (χ0) is 10.6. The zero-order valence-corrected chi connectivity index (χ0v) is 10.9. The maximum atomic E-state index is 11.6. The SMILES string of the molecule is CC(C)C(C(=O)O[SiH3])c1ccccc1. The normalized spacial score (nSPS) is 12.8. The Bertz CT molecular complexity index is 295. The van der Waals surface area contributed by atoms with Crippen LogP contribution in [0.15, 0.2) is 30.3 Å². The van der Waals surface area contributed by atoms with E-state index in [0.717, 1.165) is 5.56 Å². The molecule has 1 aromatic carbocycles. The molecule has 14 heavy (non-hydrogen) atoms. The lowest BCUT2D eigenvalue weighted by Gasteiger charge is -2.18. The molecule has 0 aliphatic heterocycles. The summed E-state index contributed by atoms with van der Waals surface area (Å²) in [7, 11) is 0.468. The van der Waals surface area contributed by atoms with Crippen molar-refractivity contribution in [3.63, 3.8) is 0 Å². The smallest absolute Gasteiger partial charge is 0.299 e. The number of hydrogen-bond acceptors (Lipinski definition) is 2. The van der Waals surface area contributed by atoms with E-state index in [1.54, 1.807) is 0 Å². The second kappa shape index (κ2) is 4.96. The van der Waals surface area contributed by atoms with Crippen LogP contribution in [0, 0.1) is 5.92 Å². The lowest BCUT2D eigenvalue weighted by Crippen LogP contribution is -2.19. The summed E-state index contributed by atoms with van der Waals surface area (Å²) < 4.78 is 4.93. The average Bonchev–Trinajstić information content (AvgIpc) is 2.19. The van der Waals surface area contributed by atoms with Gasteiger partial charge in [-0.25, -0.2) is 0 Å². The third kappa shape index (κ3) is 2.45. The third-order valence-electron chi connectivity index (χ3n) is 2.28. The van der Waals surface area contributed by atoms with Gasteiger partial charge in [0.15, 0.2) is 0 Å². The topological polar surface area (TPSA) is 26.3 Å². The van der Waals surface area contributed by atoms with E-state index in [-0.39, 0.29) is 17.8 Å². The van der Waals surface area contributed by atoms with E-state index in [1.807, 2.05) is 44.2 Å². The van der Waals surface area contributed by atoms with Crippen molar-refractivity contribution in [3.8, 4) is 0 Å². The summed E-state index contributed by atoms with van der Waals surface area (Å²) >= 11 is 0. The molecule has 1 aromatic rings. The highest BCUT2D eigenvalue weighted by atomic mass is 28.2. The van der Waals surface area contributed by atoms with Gasteiger partial charge in [-0.1, -0.05) is 44.2 Å². The van der Waals surface area contributed by atoms with Gasteiger partial charge in [0.25, 0.3) is 5.97 Å². The molecule has 0 amide bonds. The first-order valence-electron chi connectivity index (χ1n) is 4.79. The van der Waals surface area contributed by atoms with E-state index in [9.17, 15) is 4.79 Å². The molecule has 0 radical (unpaired) electrons. The summed E-state index contributed by atoms with van der Waals surface area (Å²) in [6.45, 7) is 4.08. The Morgan fingerprint density at radius 1 is 1.29 bits per heavy atom. The van der Waals surface area contributed by atoms with E-state index in [2.05, 4.69) is 0 Å². The monoisotopic (exact) mass is 208 g/mol. The molecule has 1 atom stereocenters. The second-order valence-corrected chi connectivity index (χ2v) is 4.06.